The largest absolute Gasteiger partial charge is 0.495 e. The molecule has 0 spiro atoms. The predicted molar refractivity (Wildman–Crippen MR) is 135 cm³/mol. The first-order valence-electron chi connectivity index (χ1n) is 11.1. The highest BCUT2D eigenvalue weighted by atomic mass is 32.1. The van der Waals surface area contributed by atoms with Crippen LogP contribution in [0.25, 0.3) is 16.6 Å². The maximum atomic E-state index is 13.8. The second-order valence-corrected chi connectivity index (χ2v) is 8.91. The number of fused-ring (bicyclic) bond motifs is 1. The standard InChI is InChI=1S/C27H23N3O4S/c1-18(29(17-19-9-7-15-34-19)27(32)24-14-8-16-35-24)25-28-21-11-4-3-10-20(21)26(31)30(25)22-12-5-6-13-23(22)33-2/h3-16,18H,17H2,1-2H3. The lowest BCUT2D eigenvalue weighted by atomic mass is 10.1. The number of carbonyl (C=O) groups is 1. The van der Waals surface area contributed by atoms with E-state index >= 15 is 0 Å². The average molecular weight is 486 g/mol. The SMILES string of the molecule is COc1ccccc1-n1c(C(C)N(Cc2ccco2)C(=O)c2cccs2)nc2ccccc2c1=O. The van der Waals surface area contributed by atoms with Crippen molar-refractivity contribution >= 4 is 28.1 Å². The fraction of sp³-hybridized carbons (Fsp3) is 0.148. The van der Waals surface area contributed by atoms with Crippen molar-refractivity contribution in [2.75, 3.05) is 7.11 Å². The Balaban J connectivity index is 1.73. The summed E-state index contributed by atoms with van der Waals surface area (Å²) in [6, 6.07) is 21.2. The summed E-state index contributed by atoms with van der Waals surface area (Å²) < 4.78 is 12.7. The Kier molecular flexibility index (Phi) is 6.20. The molecule has 1 unspecified atom stereocenters. The molecule has 8 heteroatoms. The minimum Gasteiger partial charge on any atom is -0.495 e. The number of methoxy groups -OCH3 is 1. The number of furan rings is 1. The Labute approximate surface area is 205 Å². The molecule has 3 heterocycles. The van der Waals surface area contributed by atoms with Gasteiger partial charge < -0.3 is 14.1 Å². The van der Waals surface area contributed by atoms with Gasteiger partial charge in [-0.25, -0.2) is 4.98 Å². The van der Waals surface area contributed by atoms with Gasteiger partial charge in [0, 0.05) is 0 Å². The third-order valence-electron chi connectivity index (χ3n) is 5.87. The molecule has 0 aliphatic rings. The van der Waals surface area contributed by atoms with Crippen molar-refractivity contribution in [1.29, 1.82) is 0 Å². The highest BCUT2D eigenvalue weighted by molar-refractivity contribution is 7.12. The minimum absolute atomic E-state index is 0.169. The van der Waals surface area contributed by atoms with E-state index in [0.717, 1.165) is 0 Å². The van der Waals surface area contributed by atoms with E-state index in [4.69, 9.17) is 14.1 Å². The van der Waals surface area contributed by atoms with Gasteiger partial charge in [-0.05, 0) is 54.8 Å². The number of hydrogen-bond donors (Lipinski definition) is 0. The van der Waals surface area contributed by atoms with Gasteiger partial charge in [-0.15, -0.1) is 11.3 Å². The van der Waals surface area contributed by atoms with E-state index in [-0.39, 0.29) is 18.0 Å². The van der Waals surface area contributed by atoms with Gasteiger partial charge in [0.25, 0.3) is 11.5 Å². The summed E-state index contributed by atoms with van der Waals surface area (Å²) in [7, 11) is 1.56. The lowest BCUT2D eigenvalue weighted by Gasteiger charge is -2.30. The number of carbonyl (C=O) groups excluding carboxylic acids is 1. The molecule has 0 aliphatic carbocycles. The Morgan fingerprint density at radius 1 is 1.09 bits per heavy atom. The molecule has 176 valence electrons. The fourth-order valence-corrected chi connectivity index (χ4v) is 4.79. The smallest absolute Gasteiger partial charge is 0.266 e. The molecule has 2 aromatic carbocycles. The first-order valence-corrected chi connectivity index (χ1v) is 12.0. The number of hydrogen-bond acceptors (Lipinski definition) is 6. The summed E-state index contributed by atoms with van der Waals surface area (Å²) in [6.07, 6.45) is 1.58. The average Bonchev–Trinajstić information content (AvgIpc) is 3.61. The lowest BCUT2D eigenvalue weighted by molar-refractivity contribution is 0.0653. The normalized spacial score (nSPS) is 11.9. The molecule has 0 saturated heterocycles. The van der Waals surface area contributed by atoms with Gasteiger partial charge in [-0.1, -0.05) is 30.3 Å². The monoisotopic (exact) mass is 485 g/mol. The van der Waals surface area contributed by atoms with Crippen LogP contribution in [0.1, 0.15) is 34.2 Å². The third-order valence-corrected chi connectivity index (χ3v) is 6.73. The molecule has 0 saturated carbocycles. The van der Waals surface area contributed by atoms with Crippen LogP contribution in [0.15, 0.2) is 93.7 Å². The maximum absolute atomic E-state index is 13.8. The first-order chi connectivity index (χ1) is 17.1. The highest BCUT2D eigenvalue weighted by Crippen LogP contribution is 2.30. The Morgan fingerprint density at radius 3 is 2.63 bits per heavy atom. The molecule has 0 N–H and O–H groups in total. The number of amides is 1. The predicted octanol–water partition coefficient (Wildman–Crippen LogP) is 5.45. The number of nitrogens with zero attached hydrogens (tertiary/aromatic N) is 3. The van der Waals surface area contributed by atoms with Gasteiger partial charge in [-0.3, -0.25) is 14.2 Å². The zero-order valence-electron chi connectivity index (χ0n) is 19.3. The van der Waals surface area contributed by atoms with E-state index in [0.29, 0.717) is 38.8 Å². The van der Waals surface area contributed by atoms with Crippen LogP contribution in [0.3, 0.4) is 0 Å². The molecular weight excluding hydrogens is 462 g/mol. The van der Waals surface area contributed by atoms with Crippen molar-refractivity contribution in [2.24, 2.45) is 0 Å². The Hall–Kier alpha value is -4.17. The molecule has 3 aromatic heterocycles. The van der Waals surface area contributed by atoms with Crippen molar-refractivity contribution < 1.29 is 13.9 Å². The van der Waals surface area contributed by atoms with Crippen LogP contribution in [0, 0.1) is 0 Å². The van der Waals surface area contributed by atoms with Gasteiger partial charge in [0.05, 0.1) is 47.4 Å². The van der Waals surface area contributed by atoms with Crippen LogP contribution in [-0.2, 0) is 6.54 Å². The van der Waals surface area contributed by atoms with E-state index in [9.17, 15) is 9.59 Å². The van der Waals surface area contributed by atoms with Crippen LogP contribution in [-0.4, -0.2) is 27.5 Å². The summed E-state index contributed by atoms with van der Waals surface area (Å²) in [5.41, 5.74) is 0.886. The quantitative estimate of drug-likeness (QED) is 0.306. The van der Waals surface area contributed by atoms with E-state index < -0.39 is 6.04 Å². The second kappa shape index (κ2) is 9.60. The van der Waals surface area contributed by atoms with Crippen LogP contribution in [0.2, 0.25) is 0 Å². The topological polar surface area (TPSA) is 77.6 Å². The van der Waals surface area contributed by atoms with E-state index in [1.165, 1.54) is 11.3 Å². The minimum atomic E-state index is -0.572. The van der Waals surface area contributed by atoms with Crippen molar-refractivity contribution in [3.05, 3.63) is 111 Å². The Bertz CT molecular complexity index is 1520. The van der Waals surface area contributed by atoms with Crippen LogP contribution in [0.5, 0.6) is 5.75 Å². The summed E-state index contributed by atoms with van der Waals surface area (Å²) in [5, 5.41) is 2.35. The first kappa shape index (κ1) is 22.6. The van der Waals surface area contributed by atoms with E-state index in [1.807, 2.05) is 54.8 Å². The molecule has 0 bridgehead atoms. The summed E-state index contributed by atoms with van der Waals surface area (Å²) >= 11 is 1.37. The number of thiophene rings is 1. The van der Waals surface area contributed by atoms with Gasteiger partial charge in [0.2, 0.25) is 0 Å². The number of benzene rings is 2. The van der Waals surface area contributed by atoms with Crippen LogP contribution < -0.4 is 10.3 Å². The summed E-state index contributed by atoms with van der Waals surface area (Å²) in [5.74, 6) is 1.42. The molecule has 1 atom stereocenters. The van der Waals surface area contributed by atoms with Gasteiger partial charge >= 0.3 is 0 Å². The van der Waals surface area contributed by atoms with E-state index in [1.54, 1.807) is 53.2 Å². The molecule has 1 amide bonds. The molecule has 0 fully saturated rings. The molecule has 0 aliphatic heterocycles. The third kappa shape index (κ3) is 4.24. The molecule has 5 rings (SSSR count). The van der Waals surface area contributed by atoms with Crippen LogP contribution >= 0.6 is 11.3 Å². The van der Waals surface area contributed by atoms with Gasteiger partial charge in [0.1, 0.15) is 17.3 Å². The second-order valence-electron chi connectivity index (χ2n) is 7.97. The van der Waals surface area contributed by atoms with E-state index in [2.05, 4.69) is 0 Å². The van der Waals surface area contributed by atoms with Gasteiger partial charge in [0.15, 0.2) is 0 Å². The van der Waals surface area contributed by atoms with Crippen molar-refractivity contribution in [3.8, 4) is 11.4 Å². The number of rotatable bonds is 7. The molecule has 35 heavy (non-hydrogen) atoms. The number of para-hydroxylation sites is 3. The molecular formula is C27H23N3O4S. The summed E-state index contributed by atoms with van der Waals surface area (Å²) in [6.45, 7) is 2.09. The van der Waals surface area contributed by atoms with Crippen molar-refractivity contribution in [2.45, 2.75) is 19.5 Å². The number of ether oxygens (including phenoxy) is 1. The zero-order chi connectivity index (χ0) is 24.4. The lowest BCUT2D eigenvalue weighted by Crippen LogP contribution is -2.36. The summed E-state index contributed by atoms with van der Waals surface area (Å²) in [4.78, 5) is 34.6. The number of aromatic nitrogens is 2. The van der Waals surface area contributed by atoms with Crippen molar-refractivity contribution in [3.63, 3.8) is 0 Å². The Morgan fingerprint density at radius 2 is 1.89 bits per heavy atom. The fourth-order valence-electron chi connectivity index (χ4n) is 4.11. The van der Waals surface area contributed by atoms with Crippen LogP contribution in [0.4, 0.5) is 0 Å². The highest BCUT2D eigenvalue weighted by Gasteiger charge is 2.29. The molecule has 5 aromatic rings. The maximum Gasteiger partial charge on any atom is 0.266 e. The zero-order valence-corrected chi connectivity index (χ0v) is 20.1. The molecule has 0 radical (unpaired) electrons. The molecule has 7 nitrogen and oxygen atoms in total. The van der Waals surface area contributed by atoms with Gasteiger partial charge in [-0.2, -0.15) is 0 Å². The van der Waals surface area contributed by atoms with Crippen molar-refractivity contribution in [1.82, 2.24) is 14.5 Å².